The number of pyridine rings is 2. The van der Waals surface area contributed by atoms with Crippen LogP contribution in [0.4, 0.5) is 8.78 Å². The molecule has 1 saturated carbocycles. The summed E-state index contributed by atoms with van der Waals surface area (Å²) in [6, 6.07) is 6.01. The highest BCUT2D eigenvalue weighted by Gasteiger charge is 2.47. The molecule has 1 aliphatic heterocycles. The quantitative estimate of drug-likeness (QED) is 0.253. The fraction of sp³-hybridized carbons (Fsp3) is 0.448. The highest BCUT2D eigenvalue weighted by atomic mass is 19.3. The molecule has 6 rings (SSSR count). The number of imidazole rings is 1. The van der Waals surface area contributed by atoms with Gasteiger partial charge in [0.1, 0.15) is 11.5 Å². The number of hydrogen-bond donors (Lipinski definition) is 2. The number of carbonyl (C=O) groups excluding carboxylic acids is 2. The Kier molecular flexibility index (Phi) is 7.11. The van der Waals surface area contributed by atoms with Gasteiger partial charge in [0.15, 0.2) is 18.0 Å². The van der Waals surface area contributed by atoms with E-state index in [0.717, 1.165) is 36.8 Å². The van der Waals surface area contributed by atoms with Crippen LogP contribution in [-0.4, -0.2) is 60.5 Å². The summed E-state index contributed by atoms with van der Waals surface area (Å²) in [5, 5.41) is 19.6. The van der Waals surface area contributed by atoms with E-state index in [2.05, 4.69) is 27.3 Å². The molecule has 0 radical (unpaired) electrons. The number of nitrogens with one attached hydrogen (secondary N) is 2. The number of aromatic nitrogens is 6. The van der Waals surface area contributed by atoms with Gasteiger partial charge >= 0.3 is 0 Å². The minimum Gasteiger partial charge on any atom is -0.619 e. The number of likely N-dealkylation sites (tertiary alicyclic amines) is 1. The van der Waals surface area contributed by atoms with E-state index >= 15 is 0 Å². The van der Waals surface area contributed by atoms with Gasteiger partial charge in [-0.1, -0.05) is 19.8 Å². The van der Waals surface area contributed by atoms with Gasteiger partial charge in [0.25, 0.3) is 17.7 Å². The molecule has 13 heteroatoms. The van der Waals surface area contributed by atoms with Crippen LogP contribution in [0.5, 0.6) is 0 Å². The second-order valence-electron chi connectivity index (χ2n) is 11.3. The van der Waals surface area contributed by atoms with Crippen LogP contribution in [-0.2, 0) is 6.54 Å². The van der Waals surface area contributed by atoms with E-state index in [0.29, 0.717) is 45.6 Å². The van der Waals surface area contributed by atoms with E-state index in [-0.39, 0.29) is 23.0 Å². The van der Waals surface area contributed by atoms with Crippen molar-refractivity contribution in [2.24, 2.45) is 11.8 Å². The van der Waals surface area contributed by atoms with Crippen LogP contribution < -0.4 is 10.0 Å². The number of aryl methyl sites for hydroxylation is 1. The molecule has 2 amide bonds. The third-order valence-corrected chi connectivity index (χ3v) is 8.30. The normalized spacial score (nSPS) is 20.7. The van der Waals surface area contributed by atoms with Crippen molar-refractivity contribution in [3.05, 3.63) is 65.1 Å². The molecule has 2 N–H and O–H groups in total. The lowest BCUT2D eigenvalue weighted by molar-refractivity contribution is -0.604. The van der Waals surface area contributed by atoms with Crippen LogP contribution >= 0.6 is 0 Å². The van der Waals surface area contributed by atoms with E-state index in [9.17, 15) is 23.6 Å². The number of aromatic amines is 1. The summed E-state index contributed by atoms with van der Waals surface area (Å²) in [6.45, 7) is 3.38. The Morgan fingerprint density at radius 1 is 1.17 bits per heavy atom. The largest absolute Gasteiger partial charge is 0.619 e. The lowest BCUT2D eigenvalue weighted by atomic mass is 9.79. The van der Waals surface area contributed by atoms with Gasteiger partial charge in [-0.2, -0.15) is 9.83 Å². The average Bonchev–Trinajstić information content (AvgIpc) is 3.61. The third kappa shape index (κ3) is 5.30. The van der Waals surface area contributed by atoms with Crippen molar-refractivity contribution < 1.29 is 23.1 Å². The maximum absolute atomic E-state index is 13.4. The lowest BCUT2D eigenvalue weighted by Gasteiger charge is -2.38. The summed E-state index contributed by atoms with van der Waals surface area (Å²) in [4.78, 5) is 40.1. The van der Waals surface area contributed by atoms with Crippen molar-refractivity contribution in [2.45, 2.75) is 58.0 Å². The number of halogens is 2. The first-order chi connectivity index (χ1) is 20.1. The molecule has 0 bridgehead atoms. The summed E-state index contributed by atoms with van der Waals surface area (Å²) in [5.74, 6) is -2.40. The predicted molar refractivity (Wildman–Crippen MR) is 148 cm³/mol. The van der Waals surface area contributed by atoms with E-state index < -0.39 is 31.0 Å². The van der Waals surface area contributed by atoms with Gasteiger partial charge in [-0.05, 0) is 49.8 Å². The number of hydrogen-bond acceptors (Lipinski definition) is 6. The number of H-pyrrole nitrogens is 1. The molecule has 42 heavy (non-hydrogen) atoms. The van der Waals surface area contributed by atoms with Crippen molar-refractivity contribution in [3.8, 4) is 11.3 Å². The molecule has 4 aromatic heterocycles. The van der Waals surface area contributed by atoms with Crippen molar-refractivity contribution >= 4 is 23.0 Å². The van der Waals surface area contributed by atoms with Gasteiger partial charge < -0.3 is 20.4 Å². The first kappa shape index (κ1) is 27.7. The van der Waals surface area contributed by atoms with Crippen LogP contribution in [0.25, 0.3) is 22.4 Å². The Morgan fingerprint density at radius 3 is 2.64 bits per heavy atom. The summed E-state index contributed by atoms with van der Waals surface area (Å²) in [6.07, 6.45) is 7.93. The Labute approximate surface area is 240 Å². The summed E-state index contributed by atoms with van der Waals surface area (Å²) in [7, 11) is 0. The maximum atomic E-state index is 13.4. The third-order valence-electron chi connectivity index (χ3n) is 8.30. The molecule has 11 nitrogen and oxygen atoms in total. The number of rotatable bonds is 7. The number of amides is 2. The van der Waals surface area contributed by atoms with Gasteiger partial charge in [0, 0.05) is 18.8 Å². The van der Waals surface area contributed by atoms with E-state index in [1.165, 1.54) is 12.3 Å². The second kappa shape index (κ2) is 10.8. The highest BCUT2D eigenvalue weighted by Crippen LogP contribution is 2.37. The minimum atomic E-state index is -2.91. The Hall–Kier alpha value is -4.42. The van der Waals surface area contributed by atoms with Gasteiger partial charge in [0.2, 0.25) is 0 Å². The van der Waals surface area contributed by atoms with Crippen molar-refractivity contribution in [3.63, 3.8) is 0 Å². The molecule has 2 fully saturated rings. The first-order valence-corrected chi connectivity index (χ1v) is 14.2. The van der Waals surface area contributed by atoms with Gasteiger partial charge in [-0.25, -0.2) is 18.7 Å². The van der Waals surface area contributed by atoms with E-state index in [4.69, 9.17) is 4.98 Å². The Balaban J connectivity index is 1.33. The smallest absolute Gasteiger partial charge is 0.282 e. The minimum absolute atomic E-state index is 0.106. The molecule has 0 spiro atoms. The topological polar surface area (TPSA) is 136 Å². The molecule has 1 aliphatic carbocycles. The van der Waals surface area contributed by atoms with Gasteiger partial charge in [-0.15, -0.1) is 0 Å². The fourth-order valence-electron chi connectivity index (χ4n) is 5.92. The van der Waals surface area contributed by atoms with Gasteiger partial charge in [-0.3, -0.25) is 14.3 Å². The molecule has 5 heterocycles. The molecule has 4 aromatic rings. The summed E-state index contributed by atoms with van der Waals surface area (Å²) >= 11 is 0. The predicted octanol–water partition coefficient (Wildman–Crippen LogP) is 3.86. The zero-order valence-electron chi connectivity index (χ0n) is 23.4. The summed E-state index contributed by atoms with van der Waals surface area (Å²) in [5.41, 5.74) is 2.07. The zero-order chi connectivity index (χ0) is 29.6. The van der Waals surface area contributed by atoms with Crippen LogP contribution in [0, 0.1) is 17.0 Å². The molecule has 1 saturated heterocycles. The first-order valence-electron chi connectivity index (χ1n) is 14.2. The van der Waals surface area contributed by atoms with Crippen molar-refractivity contribution in [1.29, 1.82) is 0 Å². The molecule has 1 atom stereocenters. The fourth-order valence-corrected chi connectivity index (χ4v) is 5.92. The molecular formula is C29H32F2N8O3. The van der Waals surface area contributed by atoms with Crippen LogP contribution in [0.1, 0.15) is 72.2 Å². The van der Waals surface area contributed by atoms with Crippen LogP contribution in [0.2, 0.25) is 0 Å². The molecule has 1 unspecified atom stereocenters. The number of fused-ring (bicyclic) bond motifs is 1. The van der Waals surface area contributed by atoms with Crippen LogP contribution in [0.15, 0.2) is 42.9 Å². The van der Waals surface area contributed by atoms with Crippen molar-refractivity contribution in [1.82, 2.24) is 34.9 Å². The van der Waals surface area contributed by atoms with Gasteiger partial charge in [0.05, 0.1) is 41.5 Å². The SMILES string of the molecule is CCn1nccc1C(=O)NC(c1nc2nc(-c3c[n+]([O-])ccc3C(=O)N3CC(F)(F)C3)ccc2[nH]1)C1CCC(C)CC1. The Bertz CT molecular complexity index is 1630. The van der Waals surface area contributed by atoms with E-state index in [1.54, 1.807) is 29.1 Å². The zero-order valence-corrected chi connectivity index (χ0v) is 23.4. The monoisotopic (exact) mass is 578 g/mol. The Morgan fingerprint density at radius 2 is 1.93 bits per heavy atom. The summed E-state index contributed by atoms with van der Waals surface area (Å²) < 4.78 is 29.1. The molecule has 0 aromatic carbocycles. The second-order valence-corrected chi connectivity index (χ2v) is 11.3. The number of nitrogens with zero attached hydrogens (tertiary/aromatic N) is 6. The van der Waals surface area contributed by atoms with Crippen LogP contribution in [0.3, 0.4) is 0 Å². The molecule has 2 aliphatic rings. The highest BCUT2D eigenvalue weighted by molar-refractivity contribution is 6.01. The molecular weight excluding hydrogens is 546 g/mol. The maximum Gasteiger partial charge on any atom is 0.282 e. The van der Waals surface area contributed by atoms with E-state index in [1.807, 2.05) is 6.92 Å². The standard InChI is InChI=1S/C29H32F2N8O3/c1-3-39-23(10-12-32-39)27(40)35-24(18-6-4-17(2)5-7-18)26-34-22-9-8-21(33-25(22)36-26)20-14-38(42)13-11-19(20)28(41)37-15-29(30,31)16-37/h8-14,17-18,24H,3-7,15-16H2,1-2H3,(H,35,40)(H,33,34,36). The number of carbonyl (C=O) groups is 2. The molecule has 220 valence electrons. The number of alkyl halides is 2. The van der Waals surface area contributed by atoms with Crippen molar-refractivity contribution in [2.75, 3.05) is 13.1 Å². The average molecular weight is 579 g/mol. The lowest BCUT2D eigenvalue weighted by Crippen LogP contribution is -2.58.